The maximum Gasteiger partial charge on any atom is 0.243 e. The molecule has 1 aromatic carbocycles. The molecule has 1 saturated carbocycles. The normalized spacial score (nSPS) is 22.2. The number of aromatic nitrogens is 3. The van der Waals surface area contributed by atoms with Crippen LogP contribution in [0.1, 0.15) is 31.2 Å². The minimum atomic E-state index is -1.24. The van der Waals surface area contributed by atoms with E-state index < -0.39 is 24.2 Å². The number of likely N-dealkylation sites (tertiary alicyclic amines) is 1. The van der Waals surface area contributed by atoms with Crippen LogP contribution in [0, 0.1) is 5.92 Å². The number of amides is 2. The molecular weight excluding hydrogens is 411 g/mol. The highest BCUT2D eigenvalue weighted by Crippen LogP contribution is 2.34. The maximum absolute atomic E-state index is 14.1. The van der Waals surface area contributed by atoms with Gasteiger partial charge in [-0.15, -0.1) is 0 Å². The summed E-state index contributed by atoms with van der Waals surface area (Å²) in [6.45, 7) is 0.0505. The van der Waals surface area contributed by atoms with E-state index in [0.29, 0.717) is 23.0 Å². The SMILES string of the molecule is N[C@H](CC1CC1)C(=O)N1C[C@H](F)C[C@H]1C(=O)NCc1cc(Cl)ccc1-n1cncn1. The van der Waals surface area contributed by atoms with Crippen molar-refractivity contribution in [3.63, 3.8) is 0 Å². The van der Waals surface area contributed by atoms with Crippen LogP contribution in [0.5, 0.6) is 0 Å². The minimum Gasteiger partial charge on any atom is -0.350 e. The molecule has 4 rings (SSSR count). The third-order valence-electron chi connectivity index (χ3n) is 5.60. The van der Waals surface area contributed by atoms with Crippen LogP contribution in [0.15, 0.2) is 30.9 Å². The van der Waals surface area contributed by atoms with Crippen LogP contribution in [0.2, 0.25) is 5.02 Å². The fourth-order valence-corrected chi connectivity index (χ4v) is 4.05. The van der Waals surface area contributed by atoms with Crippen molar-refractivity contribution in [3.8, 4) is 5.69 Å². The summed E-state index contributed by atoms with van der Waals surface area (Å²) < 4.78 is 15.7. The highest BCUT2D eigenvalue weighted by Gasteiger charge is 2.42. The molecule has 160 valence electrons. The van der Waals surface area contributed by atoms with Crippen molar-refractivity contribution in [2.24, 2.45) is 11.7 Å². The second kappa shape index (κ2) is 8.69. The fraction of sp³-hybridized carbons (Fsp3) is 0.500. The molecule has 8 nitrogen and oxygen atoms in total. The highest BCUT2D eigenvalue weighted by atomic mass is 35.5. The number of nitrogens with one attached hydrogen (secondary N) is 1. The molecule has 0 spiro atoms. The second-order valence-corrected chi connectivity index (χ2v) is 8.39. The van der Waals surface area contributed by atoms with Gasteiger partial charge in [0.15, 0.2) is 0 Å². The van der Waals surface area contributed by atoms with Gasteiger partial charge in [-0.1, -0.05) is 24.4 Å². The Morgan fingerprint density at radius 3 is 2.87 bits per heavy atom. The minimum absolute atomic E-state index is 0.0286. The summed E-state index contributed by atoms with van der Waals surface area (Å²) in [6.07, 6.45) is 4.42. The van der Waals surface area contributed by atoms with Gasteiger partial charge in [-0.3, -0.25) is 9.59 Å². The molecule has 3 N–H and O–H groups in total. The summed E-state index contributed by atoms with van der Waals surface area (Å²) in [5, 5.41) is 7.43. The summed E-state index contributed by atoms with van der Waals surface area (Å²) in [4.78, 5) is 30.8. The molecule has 2 heterocycles. The van der Waals surface area contributed by atoms with E-state index in [1.165, 1.54) is 11.2 Å². The molecule has 2 aromatic rings. The Kier molecular flexibility index (Phi) is 6.01. The molecule has 1 aliphatic heterocycles. The van der Waals surface area contributed by atoms with Gasteiger partial charge < -0.3 is 16.0 Å². The molecule has 10 heteroatoms. The summed E-state index contributed by atoms with van der Waals surface area (Å²) in [5.74, 6) is -0.294. The number of hydrogen-bond donors (Lipinski definition) is 2. The smallest absolute Gasteiger partial charge is 0.243 e. The Labute approximate surface area is 178 Å². The van der Waals surface area contributed by atoms with Gasteiger partial charge in [-0.2, -0.15) is 5.10 Å². The molecule has 2 fully saturated rings. The number of nitrogens with two attached hydrogens (primary N) is 1. The van der Waals surface area contributed by atoms with Crippen LogP contribution in [-0.2, 0) is 16.1 Å². The van der Waals surface area contributed by atoms with Gasteiger partial charge in [0.05, 0.1) is 18.3 Å². The highest BCUT2D eigenvalue weighted by molar-refractivity contribution is 6.30. The zero-order valence-corrected chi connectivity index (χ0v) is 17.1. The molecule has 3 atom stereocenters. The Hall–Kier alpha value is -2.52. The van der Waals surface area contributed by atoms with Crippen molar-refractivity contribution < 1.29 is 14.0 Å². The van der Waals surface area contributed by atoms with E-state index in [2.05, 4.69) is 15.4 Å². The lowest BCUT2D eigenvalue weighted by molar-refractivity contribution is -0.139. The van der Waals surface area contributed by atoms with Crippen molar-refractivity contribution >= 4 is 23.4 Å². The van der Waals surface area contributed by atoms with Crippen LogP contribution >= 0.6 is 11.6 Å². The van der Waals surface area contributed by atoms with Crippen LogP contribution in [0.3, 0.4) is 0 Å². The van der Waals surface area contributed by atoms with Crippen molar-refractivity contribution in [1.29, 1.82) is 0 Å². The van der Waals surface area contributed by atoms with E-state index in [0.717, 1.165) is 18.4 Å². The van der Waals surface area contributed by atoms with Gasteiger partial charge in [0.1, 0.15) is 24.9 Å². The van der Waals surface area contributed by atoms with Crippen LogP contribution in [-0.4, -0.2) is 56.3 Å². The van der Waals surface area contributed by atoms with Crippen LogP contribution in [0.4, 0.5) is 4.39 Å². The standard InChI is InChI=1S/C20H24ClFN6O2/c21-14-3-4-17(28-11-24-10-26-28)13(6-14)8-25-19(29)18-7-15(22)9-27(18)20(30)16(23)5-12-1-2-12/h3-4,6,10-12,15-16,18H,1-2,5,7-9,23H2,(H,25,29)/t15-,16-,18+/m1/s1. The van der Waals surface area contributed by atoms with E-state index in [-0.39, 0.29) is 25.4 Å². The van der Waals surface area contributed by atoms with Gasteiger partial charge in [0, 0.05) is 18.0 Å². The third-order valence-corrected chi connectivity index (χ3v) is 5.83. The molecule has 0 bridgehead atoms. The first-order valence-corrected chi connectivity index (χ1v) is 10.4. The van der Waals surface area contributed by atoms with Crippen LogP contribution < -0.4 is 11.1 Å². The van der Waals surface area contributed by atoms with Gasteiger partial charge >= 0.3 is 0 Å². The molecule has 0 unspecified atom stereocenters. The van der Waals surface area contributed by atoms with Gasteiger partial charge in [0.25, 0.3) is 0 Å². The zero-order chi connectivity index (χ0) is 21.3. The lowest BCUT2D eigenvalue weighted by atomic mass is 10.1. The number of halogens is 2. The number of carbonyl (C=O) groups excluding carboxylic acids is 2. The first-order chi connectivity index (χ1) is 14.4. The number of alkyl halides is 1. The number of rotatable bonds is 7. The third kappa shape index (κ3) is 4.62. The topological polar surface area (TPSA) is 106 Å². The Morgan fingerprint density at radius 1 is 1.37 bits per heavy atom. The quantitative estimate of drug-likeness (QED) is 0.688. The van der Waals surface area contributed by atoms with Crippen molar-refractivity contribution in [1.82, 2.24) is 25.0 Å². The van der Waals surface area contributed by atoms with Crippen molar-refractivity contribution in [2.75, 3.05) is 6.54 Å². The molecule has 2 aliphatic rings. The molecule has 1 aliphatic carbocycles. The summed E-state index contributed by atoms with van der Waals surface area (Å²) in [7, 11) is 0. The molecule has 30 heavy (non-hydrogen) atoms. The average molecular weight is 435 g/mol. The fourth-order valence-electron chi connectivity index (χ4n) is 3.86. The first kappa shape index (κ1) is 20.7. The van der Waals surface area contributed by atoms with Gasteiger partial charge in [-0.05, 0) is 36.1 Å². The summed E-state index contributed by atoms with van der Waals surface area (Å²) >= 11 is 6.11. The molecule has 2 amide bonds. The van der Waals surface area contributed by atoms with Gasteiger partial charge in [-0.25, -0.2) is 14.1 Å². The Morgan fingerprint density at radius 2 is 2.17 bits per heavy atom. The van der Waals surface area contributed by atoms with Crippen molar-refractivity contribution in [2.45, 2.75) is 50.5 Å². The van der Waals surface area contributed by atoms with E-state index in [1.807, 2.05) is 0 Å². The monoisotopic (exact) mass is 434 g/mol. The molecule has 0 radical (unpaired) electrons. The summed E-state index contributed by atoms with van der Waals surface area (Å²) in [6, 6.07) is 3.66. The average Bonchev–Trinajstić information content (AvgIpc) is 3.21. The number of benzene rings is 1. The van der Waals surface area contributed by atoms with E-state index in [9.17, 15) is 14.0 Å². The van der Waals surface area contributed by atoms with Crippen molar-refractivity contribution in [3.05, 3.63) is 41.4 Å². The molecule has 1 saturated heterocycles. The predicted octanol–water partition coefficient (Wildman–Crippen LogP) is 1.60. The Balaban J connectivity index is 1.44. The first-order valence-electron chi connectivity index (χ1n) is 10.0. The number of carbonyl (C=O) groups is 2. The lowest BCUT2D eigenvalue weighted by Crippen LogP contribution is -2.51. The summed E-state index contributed by atoms with van der Waals surface area (Å²) in [5.41, 5.74) is 7.46. The van der Waals surface area contributed by atoms with E-state index in [4.69, 9.17) is 17.3 Å². The molecular formula is C20H24ClFN6O2. The van der Waals surface area contributed by atoms with Gasteiger partial charge in [0.2, 0.25) is 11.8 Å². The number of nitrogens with zero attached hydrogens (tertiary/aromatic N) is 4. The predicted molar refractivity (Wildman–Crippen MR) is 109 cm³/mol. The number of hydrogen-bond acceptors (Lipinski definition) is 5. The van der Waals surface area contributed by atoms with Crippen LogP contribution in [0.25, 0.3) is 5.69 Å². The van der Waals surface area contributed by atoms with E-state index >= 15 is 0 Å². The van der Waals surface area contributed by atoms with E-state index in [1.54, 1.807) is 29.2 Å². The second-order valence-electron chi connectivity index (χ2n) is 7.96. The maximum atomic E-state index is 14.1. The zero-order valence-electron chi connectivity index (χ0n) is 16.4. The molecule has 1 aromatic heterocycles. The largest absolute Gasteiger partial charge is 0.350 e. The lowest BCUT2D eigenvalue weighted by Gasteiger charge is -2.26. The Bertz CT molecular complexity index is 920.